The highest BCUT2D eigenvalue weighted by atomic mass is 16.3. The number of benzene rings is 2. The van der Waals surface area contributed by atoms with Crippen LogP contribution in [0.25, 0.3) is 16.6 Å². The third-order valence-corrected chi connectivity index (χ3v) is 5.96. The number of carbonyl (C=O) groups is 1. The van der Waals surface area contributed by atoms with Gasteiger partial charge in [-0.1, -0.05) is 30.3 Å². The number of hydrogen-bond donors (Lipinski definition) is 0. The zero-order chi connectivity index (χ0) is 22.1. The van der Waals surface area contributed by atoms with Gasteiger partial charge in [-0.05, 0) is 42.8 Å². The minimum absolute atomic E-state index is 0.0634. The Morgan fingerprint density at radius 1 is 0.969 bits per heavy atom. The molecule has 162 valence electrons. The number of aromatic nitrogens is 2. The first-order valence-corrected chi connectivity index (χ1v) is 10.7. The zero-order valence-corrected chi connectivity index (χ0v) is 17.9. The highest BCUT2D eigenvalue weighted by Crippen LogP contribution is 2.18. The van der Waals surface area contributed by atoms with E-state index in [0.29, 0.717) is 55.2 Å². The number of hydrogen-bond acceptors (Lipinski definition) is 5. The first-order chi connectivity index (χ1) is 15.6. The minimum Gasteiger partial charge on any atom is -0.459 e. The van der Waals surface area contributed by atoms with Gasteiger partial charge in [0, 0.05) is 26.2 Å². The maximum absolute atomic E-state index is 13.5. The van der Waals surface area contributed by atoms with E-state index < -0.39 is 0 Å². The molecular formula is C25H24N4O3. The lowest BCUT2D eigenvalue weighted by atomic mass is 10.1. The summed E-state index contributed by atoms with van der Waals surface area (Å²) in [6.07, 6.45) is 1.51. The van der Waals surface area contributed by atoms with Crippen molar-refractivity contribution in [3.05, 3.63) is 94.4 Å². The van der Waals surface area contributed by atoms with Crippen LogP contribution in [0.1, 0.15) is 21.9 Å². The van der Waals surface area contributed by atoms with Gasteiger partial charge in [-0.3, -0.25) is 19.1 Å². The van der Waals surface area contributed by atoms with E-state index in [1.165, 1.54) is 6.26 Å². The molecule has 0 atom stereocenters. The number of piperazine rings is 1. The van der Waals surface area contributed by atoms with Crippen LogP contribution in [-0.4, -0.2) is 51.4 Å². The highest BCUT2D eigenvalue weighted by Gasteiger charge is 2.25. The molecule has 2 aromatic heterocycles. The van der Waals surface area contributed by atoms with Crippen LogP contribution in [0, 0.1) is 6.92 Å². The van der Waals surface area contributed by atoms with E-state index in [1.807, 2.05) is 55.5 Å². The largest absolute Gasteiger partial charge is 0.459 e. The van der Waals surface area contributed by atoms with Crippen molar-refractivity contribution in [1.82, 2.24) is 19.4 Å². The summed E-state index contributed by atoms with van der Waals surface area (Å²) in [6, 6.07) is 18.7. The van der Waals surface area contributed by atoms with Gasteiger partial charge in [-0.25, -0.2) is 4.98 Å². The topological polar surface area (TPSA) is 71.6 Å². The molecular weight excluding hydrogens is 404 g/mol. The van der Waals surface area contributed by atoms with E-state index >= 15 is 0 Å². The van der Waals surface area contributed by atoms with Crippen LogP contribution in [0.15, 0.2) is 76.1 Å². The van der Waals surface area contributed by atoms with Crippen molar-refractivity contribution in [2.75, 3.05) is 26.2 Å². The number of aryl methyl sites for hydroxylation is 1. The second-order valence-electron chi connectivity index (χ2n) is 8.02. The number of amides is 1. The fourth-order valence-corrected chi connectivity index (χ4v) is 4.21. The van der Waals surface area contributed by atoms with Gasteiger partial charge in [0.2, 0.25) is 0 Å². The molecule has 1 fully saturated rings. The van der Waals surface area contributed by atoms with Crippen molar-refractivity contribution in [2.24, 2.45) is 0 Å². The summed E-state index contributed by atoms with van der Waals surface area (Å²) in [7, 11) is 0. The molecule has 5 rings (SSSR count). The Balaban J connectivity index is 1.44. The molecule has 1 amide bonds. The zero-order valence-electron chi connectivity index (χ0n) is 17.9. The van der Waals surface area contributed by atoms with Crippen LogP contribution in [0.2, 0.25) is 0 Å². The van der Waals surface area contributed by atoms with Gasteiger partial charge in [0.05, 0.1) is 29.4 Å². The number of fused-ring (bicyclic) bond motifs is 1. The summed E-state index contributed by atoms with van der Waals surface area (Å²) < 4.78 is 6.98. The average Bonchev–Trinajstić information content (AvgIpc) is 3.35. The second kappa shape index (κ2) is 8.43. The SMILES string of the molecule is Cc1ccccc1-n1c(CN2CCN(C(=O)c3ccco3)CC2)nc2ccccc2c1=O. The van der Waals surface area contributed by atoms with E-state index in [0.717, 1.165) is 11.3 Å². The Morgan fingerprint density at radius 2 is 1.72 bits per heavy atom. The quantitative estimate of drug-likeness (QED) is 0.499. The lowest BCUT2D eigenvalue weighted by molar-refractivity contribution is 0.0594. The van der Waals surface area contributed by atoms with E-state index in [1.54, 1.807) is 21.6 Å². The number of furan rings is 1. The molecule has 1 saturated heterocycles. The van der Waals surface area contributed by atoms with Gasteiger partial charge in [0.25, 0.3) is 11.5 Å². The van der Waals surface area contributed by atoms with Crippen molar-refractivity contribution >= 4 is 16.8 Å². The van der Waals surface area contributed by atoms with Gasteiger partial charge < -0.3 is 9.32 Å². The van der Waals surface area contributed by atoms with Crippen LogP contribution >= 0.6 is 0 Å². The van der Waals surface area contributed by atoms with Crippen LogP contribution in [-0.2, 0) is 6.54 Å². The fraction of sp³-hybridized carbons (Fsp3) is 0.240. The molecule has 0 unspecified atom stereocenters. The molecule has 4 aromatic rings. The molecule has 0 spiro atoms. The van der Waals surface area contributed by atoms with E-state index in [2.05, 4.69) is 4.90 Å². The fourth-order valence-electron chi connectivity index (χ4n) is 4.21. The summed E-state index contributed by atoms with van der Waals surface area (Å²) >= 11 is 0. The standard InChI is InChI=1S/C25H24N4O3/c1-18-7-2-5-10-21(18)29-23(26-20-9-4-3-8-19(20)24(29)30)17-27-12-14-28(15-13-27)25(31)22-11-6-16-32-22/h2-11,16H,12-15,17H2,1H3. The van der Waals surface area contributed by atoms with Crippen LogP contribution in [0.3, 0.4) is 0 Å². The lowest BCUT2D eigenvalue weighted by Crippen LogP contribution is -2.48. The third-order valence-electron chi connectivity index (χ3n) is 5.96. The van der Waals surface area contributed by atoms with Crippen LogP contribution < -0.4 is 5.56 Å². The predicted octanol–water partition coefficient (Wildman–Crippen LogP) is 3.25. The Morgan fingerprint density at radius 3 is 2.47 bits per heavy atom. The molecule has 0 saturated carbocycles. The molecule has 1 aliphatic rings. The Kier molecular flexibility index (Phi) is 5.33. The molecule has 7 nitrogen and oxygen atoms in total. The predicted molar refractivity (Wildman–Crippen MR) is 122 cm³/mol. The summed E-state index contributed by atoms with van der Waals surface area (Å²) in [5, 5.41) is 0.605. The normalized spacial score (nSPS) is 14.7. The first kappa shape index (κ1) is 20.2. The van der Waals surface area contributed by atoms with Crippen molar-refractivity contribution < 1.29 is 9.21 Å². The maximum Gasteiger partial charge on any atom is 0.289 e. The second-order valence-corrected chi connectivity index (χ2v) is 8.02. The Bertz CT molecular complexity index is 1320. The van der Waals surface area contributed by atoms with Gasteiger partial charge in [-0.15, -0.1) is 0 Å². The molecule has 7 heteroatoms. The van der Waals surface area contributed by atoms with Crippen molar-refractivity contribution in [3.8, 4) is 5.69 Å². The smallest absolute Gasteiger partial charge is 0.289 e. The lowest BCUT2D eigenvalue weighted by Gasteiger charge is -2.34. The summed E-state index contributed by atoms with van der Waals surface area (Å²) in [6.45, 7) is 5.12. The molecule has 1 aliphatic heterocycles. The first-order valence-electron chi connectivity index (χ1n) is 10.7. The van der Waals surface area contributed by atoms with E-state index in [4.69, 9.17) is 9.40 Å². The van der Waals surface area contributed by atoms with Crippen molar-refractivity contribution in [1.29, 1.82) is 0 Å². The Hall–Kier alpha value is -3.71. The number of nitrogens with zero attached hydrogens (tertiary/aromatic N) is 4. The number of carbonyl (C=O) groups excluding carboxylic acids is 1. The average molecular weight is 428 g/mol. The molecule has 0 N–H and O–H groups in total. The third kappa shape index (κ3) is 3.71. The summed E-state index contributed by atoms with van der Waals surface area (Å²) in [5.74, 6) is 0.979. The molecule has 3 heterocycles. The summed E-state index contributed by atoms with van der Waals surface area (Å²) in [4.78, 5) is 34.9. The van der Waals surface area contributed by atoms with Crippen molar-refractivity contribution in [3.63, 3.8) is 0 Å². The molecule has 0 bridgehead atoms. The number of rotatable bonds is 4. The number of para-hydroxylation sites is 2. The van der Waals surface area contributed by atoms with Crippen LogP contribution in [0.5, 0.6) is 0 Å². The van der Waals surface area contributed by atoms with Crippen molar-refractivity contribution in [2.45, 2.75) is 13.5 Å². The van der Waals surface area contributed by atoms with Crippen LogP contribution in [0.4, 0.5) is 0 Å². The van der Waals surface area contributed by atoms with Gasteiger partial charge >= 0.3 is 0 Å². The monoisotopic (exact) mass is 428 g/mol. The Labute approximate surface area is 185 Å². The van der Waals surface area contributed by atoms with E-state index in [-0.39, 0.29) is 11.5 Å². The van der Waals surface area contributed by atoms with Gasteiger partial charge in [0.15, 0.2) is 5.76 Å². The molecule has 0 radical (unpaired) electrons. The minimum atomic E-state index is -0.0877. The highest BCUT2D eigenvalue weighted by molar-refractivity contribution is 5.91. The summed E-state index contributed by atoms with van der Waals surface area (Å²) in [5.41, 5.74) is 2.50. The van der Waals surface area contributed by atoms with E-state index in [9.17, 15) is 9.59 Å². The maximum atomic E-state index is 13.5. The van der Waals surface area contributed by atoms with Gasteiger partial charge in [-0.2, -0.15) is 0 Å². The molecule has 0 aliphatic carbocycles. The molecule has 32 heavy (non-hydrogen) atoms. The van der Waals surface area contributed by atoms with Gasteiger partial charge in [0.1, 0.15) is 5.82 Å². The molecule has 2 aromatic carbocycles.